The first kappa shape index (κ1) is 46.1. The molecule has 0 aliphatic rings. The third-order valence-electron chi connectivity index (χ3n) is 7.67. The number of unbranched alkanes of at least 4 members (excludes halogenated alkanes) is 1. The van der Waals surface area contributed by atoms with E-state index in [9.17, 15) is 48.6 Å². The van der Waals surface area contributed by atoms with Crippen molar-refractivity contribution in [2.24, 2.45) is 22.9 Å². The van der Waals surface area contributed by atoms with Crippen LogP contribution in [-0.4, -0.2) is 131 Å². The topological polar surface area (TPSA) is 374 Å². The second-order valence-corrected chi connectivity index (χ2v) is 12.1. The third-order valence-corrected chi connectivity index (χ3v) is 7.67. The Bertz CT molecular complexity index is 1400. The summed E-state index contributed by atoms with van der Waals surface area (Å²) < 4.78 is 0. The lowest BCUT2D eigenvalue weighted by Crippen LogP contribution is -2.62. The molecule has 7 atom stereocenters. The summed E-state index contributed by atoms with van der Waals surface area (Å²) in [6.45, 7) is 0.0999. The van der Waals surface area contributed by atoms with Crippen LogP contribution in [-0.2, 0) is 44.8 Å². The van der Waals surface area contributed by atoms with Crippen LogP contribution in [0.5, 0.6) is 0 Å². The van der Waals surface area contributed by atoms with E-state index >= 15 is 0 Å². The van der Waals surface area contributed by atoms with E-state index in [1.165, 1.54) is 0 Å². The normalized spacial score (nSPS) is 15.0. The molecule has 0 heterocycles. The van der Waals surface area contributed by atoms with Crippen molar-refractivity contribution in [3.63, 3.8) is 0 Å². The highest BCUT2D eigenvalue weighted by Gasteiger charge is 2.34. The van der Waals surface area contributed by atoms with Crippen LogP contribution in [0.2, 0.25) is 0 Å². The number of aliphatic hydroxyl groups excluding tert-OH is 3. The largest absolute Gasteiger partial charge is 0.394 e. The lowest BCUT2D eigenvalue weighted by atomic mass is 9.98. The highest BCUT2D eigenvalue weighted by molar-refractivity contribution is 6.41. The fourth-order valence-corrected chi connectivity index (χ4v) is 4.59. The zero-order valence-corrected chi connectivity index (χ0v) is 29.4. The number of hydrogen-bond acceptors (Lipinski definition) is 15. The fraction of sp³-hybridized carbons (Fsp3) is 0.562. The molecule has 0 radical (unpaired) electrons. The highest BCUT2D eigenvalue weighted by Crippen LogP contribution is 2.05. The summed E-state index contributed by atoms with van der Waals surface area (Å²) in [5.74, 6) is -6.97. The van der Waals surface area contributed by atoms with Crippen molar-refractivity contribution >= 4 is 47.0 Å². The number of hydrazine groups is 1. The summed E-state index contributed by atoms with van der Waals surface area (Å²) in [5.41, 5.74) is 26.8. The van der Waals surface area contributed by atoms with Crippen LogP contribution >= 0.6 is 0 Å². The molecule has 6 amide bonds. The molecule has 53 heavy (non-hydrogen) atoms. The van der Waals surface area contributed by atoms with Crippen LogP contribution in [0.3, 0.4) is 0 Å². The summed E-state index contributed by atoms with van der Waals surface area (Å²) in [6.07, 6.45) is -1.49. The predicted octanol–water partition coefficient (Wildman–Crippen LogP) is -6.66. The summed E-state index contributed by atoms with van der Waals surface area (Å²) in [6, 6.07) is 0.747. The van der Waals surface area contributed by atoms with Crippen LogP contribution in [0.1, 0.15) is 44.6 Å². The van der Waals surface area contributed by atoms with E-state index in [1.54, 1.807) is 24.3 Å². The molecule has 0 aliphatic carbocycles. The van der Waals surface area contributed by atoms with Gasteiger partial charge in [-0.25, -0.2) is 10.9 Å². The standard InChI is InChI=1S/C32H52N10O11/c1-17(45)26(28(49)27(48)19(33)14-24(35)46)42-41-23(16-44)32(53)39-21(29(36)50)9-10-25(47)37-11-5-6-12-38-31(52)22(40-30(51)20(34)15-43)13-18-7-3-2-4-8-18/h2-4,7-8,17,19-23,26,41-45H,5-6,9-16,33-34H2,1H3,(H2,35,46)(H2,36,50)(H,37,47)(H,38,52)(H,39,53)(H,40,51)/t17-,19+,20?,21?,22?,23+,26+/m1/s1. The SMILES string of the molecule is C[C@@H](O)[C@H](NN[C@@H](CO)C(=O)NC(CCC(=O)NCCCCNC(=O)C(Cc1ccccc1)NC(=O)C(N)CO)C(N)=O)C(=O)C(=O)[C@@H](N)CC(N)=O. The number of aliphatic hydroxyl groups is 3. The van der Waals surface area contributed by atoms with E-state index in [0.29, 0.717) is 12.8 Å². The Labute approximate surface area is 305 Å². The second-order valence-electron chi connectivity index (χ2n) is 12.1. The molecule has 0 aromatic heterocycles. The summed E-state index contributed by atoms with van der Waals surface area (Å²) in [5, 5.41) is 39.1. The van der Waals surface area contributed by atoms with E-state index in [0.717, 1.165) is 12.5 Å². The van der Waals surface area contributed by atoms with Crippen molar-refractivity contribution in [3.8, 4) is 0 Å². The van der Waals surface area contributed by atoms with Gasteiger partial charge in [-0.2, -0.15) is 0 Å². The Balaban J connectivity index is 2.57. The summed E-state index contributed by atoms with van der Waals surface area (Å²) in [7, 11) is 0. The number of ketones is 2. The number of benzene rings is 1. The van der Waals surface area contributed by atoms with Gasteiger partial charge in [-0.3, -0.25) is 38.4 Å². The maximum absolute atomic E-state index is 12.8. The molecule has 3 unspecified atom stereocenters. The Hall–Kier alpha value is -4.90. The van der Waals surface area contributed by atoms with E-state index in [1.807, 2.05) is 6.07 Å². The number of nitrogens with one attached hydrogen (secondary N) is 6. The van der Waals surface area contributed by atoms with Crippen molar-refractivity contribution in [1.82, 2.24) is 32.1 Å². The average Bonchev–Trinajstić information content (AvgIpc) is 3.11. The Morgan fingerprint density at radius 1 is 0.717 bits per heavy atom. The second kappa shape index (κ2) is 24.4. The molecule has 17 N–H and O–H groups in total. The number of amides is 6. The minimum atomic E-state index is -1.66. The summed E-state index contributed by atoms with van der Waals surface area (Å²) in [4.78, 5) is 98.1. The van der Waals surface area contributed by atoms with Crippen LogP contribution in [0.25, 0.3) is 0 Å². The van der Waals surface area contributed by atoms with Gasteiger partial charge in [0.25, 0.3) is 0 Å². The fourth-order valence-electron chi connectivity index (χ4n) is 4.59. The minimum Gasteiger partial charge on any atom is -0.394 e. The van der Waals surface area contributed by atoms with Gasteiger partial charge in [0.15, 0.2) is 0 Å². The number of Topliss-reactive ketones (excluding diaryl/α,β-unsaturated/α-hetero) is 2. The zero-order chi connectivity index (χ0) is 40.1. The molecule has 1 aromatic rings. The minimum absolute atomic E-state index is 0.191. The van der Waals surface area contributed by atoms with Crippen molar-refractivity contribution in [2.75, 3.05) is 26.3 Å². The van der Waals surface area contributed by atoms with E-state index in [2.05, 4.69) is 32.1 Å². The maximum Gasteiger partial charge on any atom is 0.242 e. The Kier molecular flexibility index (Phi) is 21.2. The lowest BCUT2D eigenvalue weighted by molar-refractivity contribution is -0.141. The van der Waals surface area contributed by atoms with Gasteiger partial charge < -0.3 is 59.5 Å². The molecule has 0 aliphatic heterocycles. The van der Waals surface area contributed by atoms with E-state index in [-0.39, 0.29) is 32.4 Å². The van der Waals surface area contributed by atoms with Crippen LogP contribution in [0, 0.1) is 0 Å². The lowest BCUT2D eigenvalue weighted by Gasteiger charge is -2.25. The molecular formula is C32H52N10O11. The van der Waals surface area contributed by atoms with Crippen molar-refractivity contribution in [2.45, 2.75) is 87.8 Å². The van der Waals surface area contributed by atoms with E-state index in [4.69, 9.17) is 28.0 Å². The maximum atomic E-state index is 12.8. The molecule has 0 spiro atoms. The molecule has 21 nitrogen and oxygen atoms in total. The number of hydrogen-bond donors (Lipinski definition) is 13. The van der Waals surface area contributed by atoms with Gasteiger partial charge in [0, 0.05) is 32.4 Å². The van der Waals surface area contributed by atoms with Gasteiger partial charge in [0.1, 0.15) is 30.2 Å². The third kappa shape index (κ3) is 17.4. The van der Waals surface area contributed by atoms with Gasteiger partial charge in [-0.05, 0) is 31.7 Å². The molecule has 0 saturated heterocycles. The monoisotopic (exact) mass is 752 g/mol. The van der Waals surface area contributed by atoms with Gasteiger partial charge in [-0.15, -0.1) is 0 Å². The molecule has 1 rings (SSSR count). The highest BCUT2D eigenvalue weighted by atomic mass is 16.3. The number of carbonyl (C=O) groups is 8. The van der Waals surface area contributed by atoms with Crippen molar-refractivity contribution in [3.05, 3.63) is 35.9 Å². The number of primary amides is 2. The quantitative estimate of drug-likeness (QED) is 0.0226. The van der Waals surface area contributed by atoms with Crippen LogP contribution in [0.4, 0.5) is 0 Å². The van der Waals surface area contributed by atoms with E-state index < -0.39 is 109 Å². The van der Waals surface area contributed by atoms with Gasteiger partial charge in [0.2, 0.25) is 47.0 Å². The van der Waals surface area contributed by atoms with Gasteiger partial charge >= 0.3 is 0 Å². The Morgan fingerprint density at radius 2 is 1.32 bits per heavy atom. The molecule has 21 heteroatoms. The van der Waals surface area contributed by atoms with Gasteiger partial charge in [-0.1, -0.05) is 30.3 Å². The first-order valence-corrected chi connectivity index (χ1v) is 16.8. The first-order chi connectivity index (χ1) is 25.0. The first-order valence-electron chi connectivity index (χ1n) is 16.8. The van der Waals surface area contributed by atoms with Gasteiger partial charge in [0.05, 0.1) is 25.4 Å². The number of rotatable bonds is 27. The van der Waals surface area contributed by atoms with Crippen molar-refractivity contribution in [1.29, 1.82) is 0 Å². The molecule has 0 fully saturated rings. The summed E-state index contributed by atoms with van der Waals surface area (Å²) >= 11 is 0. The molecule has 1 aromatic carbocycles. The molecule has 0 bridgehead atoms. The van der Waals surface area contributed by atoms with Crippen LogP contribution in [0.15, 0.2) is 30.3 Å². The predicted molar refractivity (Wildman–Crippen MR) is 187 cm³/mol. The zero-order valence-electron chi connectivity index (χ0n) is 29.4. The number of carbonyl (C=O) groups excluding carboxylic acids is 8. The Morgan fingerprint density at radius 3 is 1.87 bits per heavy atom. The molecule has 296 valence electrons. The van der Waals surface area contributed by atoms with Crippen molar-refractivity contribution < 1.29 is 53.7 Å². The molecule has 0 saturated carbocycles. The van der Waals surface area contributed by atoms with Crippen LogP contribution < -0.4 is 55.1 Å². The average molecular weight is 753 g/mol. The smallest absolute Gasteiger partial charge is 0.242 e. The number of nitrogens with two attached hydrogens (primary N) is 4. The molecular weight excluding hydrogens is 700 g/mol.